The van der Waals surface area contributed by atoms with Crippen LogP contribution in [0.5, 0.6) is 0 Å². The molecule has 1 nitrogen and oxygen atoms in total. The third-order valence-corrected chi connectivity index (χ3v) is 8.21. The van der Waals surface area contributed by atoms with Gasteiger partial charge in [-0.2, -0.15) is 0 Å². The molecule has 1 aliphatic rings. The maximum atomic E-state index is 9.96. The van der Waals surface area contributed by atoms with E-state index in [1.165, 1.54) is 10.8 Å². The largest absolute Gasteiger partial charge is 0.393 e. The quantitative estimate of drug-likeness (QED) is 0.407. The van der Waals surface area contributed by atoms with Gasteiger partial charge in [0.15, 0.2) is 0 Å². The fourth-order valence-electron chi connectivity index (χ4n) is 4.80. The fraction of sp³-hybridized carbons (Fsp3) is 1.00. The standard InChI is InChI=1S/C19H37IO/c1-9-16(12(3)11(2)15(6)21)13(4)17(10-20)18-14(5)19(18,7)8/h11-18,21H,9-10H2,1-8H3. The fourth-order valence-corrected chi connectivity index (χ4v) is 6.15. The van der Waals surface area contributed by atoms with E-state index in [-0.39, 0.29) is 6.10 Å². The van der Waals surface area contributed by atoms with Crippen LogP contribution in [0.1, 0.15) is 61.8 Å². The summed E-state index contributed by atoms with van der Waals surface area (Å²) in [6.07, 6.45) is 1.03. The van der Waals surface area contributed by atoms with E-state index in [1.54, 1.807) is 0 Å². The number of rotatable bonds is 8. The first-order chi connectivity index (χ1) is 9.61. The summed E-state index contributed by atoms with van der Waals surface area (Å²) in [5.74, 6) is 5.01. The zero-order chi connectivity index (χ0) is 16.5. The van der Waals surface area contributed by atoms with Crippen molar-refractivity contribution < 1.29 is 5.11 Å². The lowest BCUT2D eigenvalue weighted by Gasteiger charge is -2.38. The third-order valence-electron chi connectivity index (χ3n) is 7.19. The molecule has 0 spiro atoms. The number of aliphatic hydroxyl groups is 1. The van der Waals surface area contributed by atoms with Gasteiger partial charge in [-0.05, 0) is 53.8 Å². The first-order valence-electron chi connectivity index (χ1n) is 8.85. The Bertz CT molecular complexity index is 326. The first kappa shape index (κ1) is 19.7. The predicted octanol–water partition coefficient (Wildman–Crippen LogP) is 5.65. The minimum Gasteiger partial charge on any atom is -0.393 e. The van der Waals surface area contributed by atoms with Crippen molar-refractivity contribution in [1.29, 1.82) is 0 Å². The summed E-state index contributed by atoms with van der Waals surface area (Å²) >= 11 is 2.60. The zero-order valence-electron chi connectivity index (χ0n) is 15.4. The smallest absolute Gasteiger partial charge is 0.0540 e. The molecule has 126 valence electrons. The van der Waals surface area contributed by atoms with Crippen molar-refractivity contribution in [3.63, 3.8) is 0 Å². The lowest BCUT2D eigenvalue weighted by atomic mass is 9.69. The average Bonchev–Trinajstić information content (AvgIpc) is 2.90. The monoisotopic (exact) mass is 408 g/mol. The van der Waals surface area contributed by atoms with Crippen LogP contribution in [-0.2, 0) is 0 Å². The van der Waals surface area contributed by atoms with E-state index >= 15 is 0 Å². The Hall–Kier alpha value is 0.690. The molecule has 1 N–H and O–H groups in total. The molecule has 0 aliphatic heterocycles. The van der Waals surface area contributed by atoms with Gasteiger partial charge in [0.05, 0.1) is 6.10 Å². The second kappa shape index (κ2) is 7.51. The van der Waals surface area contributed by atoms with Gasteiger partial charge < -0.3 is 5.11 Å². The van der Waals surface area contributed by atoms with Gasteiger partial charge in [-0.3, -0.25) is 0 Å². The lowest BCUT2D eigenvalue weighted by molar-refractivity contribution is 0.0537. The van der Waals surface area contributed by atoms with Crippen LogP contribution in [0.2, 0.25) is 0 Å². The molecular weight excluding hydrogens is 371 g/mol. The molecule has 0 aromatic rings. The van der Waals surface area contributed by atoms with Crippen LogP contribution in [0.15, 0.2) is 0 Å². The van der Waals surface area contributed by atoms with Crippen molar-refractivity contribution in [1.82, 2.24) is 0 Å². The van der Waals surface area contributed by atoms with Crippen LogP contribution in [0.25, 0.3) is 0 Å². The van der Waals surface area contributed by atoms with E-state index in [0.29, 0.717) is 17.3 Å². The maximum absolute atomic E-state index is 9.96. The Balaban J connectivity index is 2.84. The molecule has 1 aliphatic carbocycles. The molecule has 0 bridgehead atoms. The minimum atomic E-state index is -0.199. The number of halogens is 1. The summed E-state index contributed by atoms with van der Waals surface area (Å²) in [6, 6.07) is 0. The molecule has 21 heavy (non-hydrogen) atoms. The van der Waals surface area contributed by atoms with E-state index in [0.717, 1.165) is 29.6 Å². The van der Waals surface area contributed by atoms with E-state index in [9.17, 15) is 5.11 Å². The number of alkyl halides is 1. The van der Waals surface area contributed by atoms with Gasteiger partial charge in [0.2, 0.25) is 0 Å². The molecule has 8 atom stereocenters. The first-order valence-corrected chi connectivity index (χ1v) is 10.4. The van der Waals surface area contributed by atoms with Crippen molar-refractivity contribution >= 4 is 22.6 Å². The van der Waals surface area contributed by atoms with Gasteiger partial charge in [-0.25, -0.2) is 0 Å². The Morgan fingerprint density at radius 3 is 1.81 bits per heavy atom. The highest BCUT2D eigenvalue weighted by atomic mass is 127. The topological polar surface area (TPSA) is 20.2 Å². The maximum Gasteiger partial charge on any atom is 0.0540 e. The number of hydrogen-bond acceptors (Lipinski definition) is 1. The van der Waals surface area contributed by atoms with Crippen molar-refractivity contribution in [3.8, 4) is 0 Å². The predicted molar refractivity (Wildman–Crippen MR) is 102 cm³/mol. The Morgan fingerprint density at radius 1 is 1.05 bits per heavy atom. The summed E-state index contributed by atoms with van der Waals surface area (Å²) in [5, 5.41) is 9.96. The lowest BCUT2D eigenvalue weighted by Crippen LogP contribution is -2.34. The summed E-state index contributed by atoms with van der Waals surface area (Å²) in [7, 11) is 0. The van der Waals surface area contributed by atoms with Crippen LogP contribution < -0.4 is 0 Å². The van der Waals surface area contributed by atoms with Crippen molar-refractivity contribution in [3.05, 3.63) is 0 Å². The Morgan fingerprint density at radius 2 is 1.52 bits per heavy atom. The second-order valence-electron chi connectivity index (χ2n) is 8.34. The van der Waals surface area contributed by atoms with Gasteiger partial charge in [-0.1, -0.05) is 77.5 Å². The summed E-state index contributed by atoms with van der Waals surface area (Å²) in [5.41, 5.74) is 0.529. The summed E-state index contributed by atoms with van der Waals surface area (Å²) in [6.45, 7) is 18.6. The molecule has 8 unspecified atom stereocenters. The molecule has 0 aromatic heterocycles. The molecule has 0 saturated heterocycles. The van der Waals surface area contributed by atoms with Crippen LogP contribution in [-0.4, -0.2) is 15.6 Å². The average molecular weight is 408 g/mol. The summed E-state index contributed by atoms with van der Waals surface area (Å²) < 4.78 is 1.27. The molecule has 1 fully saturated rings. The SMILES string of the molecule is CCC(C(C)C(C)C(C)O)C(C)C(CI)C1C(C)C1(C)C. The molecule has 0 radical (unpaired) electrons. The second-order valence-corrected chi connectivity index (χ2v) is 9.22. The summed E-state index contributed by atoms with van der Waals surface area (Å²) in [4.78, 5) is 0. The van der Waals surface area contributed by atoms with Gasteiger partial charge in [0.1, 0.15) is 0 Å². The number of hydrogen-bond donors (Lipinski definition) is 1. The Labute approximate surface area is 146 Å². The normalized spacial score (nSPS) is 32.9. The molecule has 0 heterocycles. The van der Waals surface area contributed by atoms with Gasteiger partial charge >= 0.3 is 0 Å². The third kappa shape index (κ3) is 3.97. The van der Waals surface area contributed by atoms with E-state index in [2.05, 4.69) is 71.1 Å². The van der Waals surface area contributed by atoms with E-state index < -0.39 is 0 Å². The molecule has 0 aromatic carbocycles. The van der Waals surface area contributed by atoms with Gasteiger partial charge in [-0.15, -0.1) is 0 Å². The minimum absolute atomic E-state index is 0.199. The van der Waals surface area contributed by atoms with Crippen LogP contribution in [0.4, 0.5) is 0 Å². The molecule has 2 heteroatoms. The van der Waals surface area contributed by atoms with Crippen LogP contribution >= 0.6 is 22.6 Å². The van der Waals surface area contributed by atoms with Gasteiger partial charge in [0, 0.05) is 4.43 Å². The van der Waals surface area contributed by atoms with Crippen LogP contribution in [0.3, 0.4) is 0 Å². The molecular formula is C19H37IO. The molecule has 1 saturated carbocycles. The Kier molecular flexibility index (Phi) is 7.05. The van der Waals surface area contributed by atoms with E-state index in [1.807, 2.05) is 6.92 Å². The highest BCUT2D eigenvalue weighted by molar-refractivity contribution is 14.1. The zero-order valence-corrected chi connectivity index (χ0v) is 17.5. The molecule has 1 rings (SSSR count). The number of aliphatic hydroxyl groups excluding tert-OH is 1. The highest BCUT2D eigenvalue weighted by Crippen LogP contribution is 2.63. The van der Waals surface area contributed by atoms with Crippen molar-refractivity contribution in [2.75, 3.05) is 4.43 Å². The molecule has 0 amide bonds. The van der Waals surface area contributed by atoms with Crippen molar-refractivity contribution in [2.24, 2.45) is 46.8 Å². The van der Waals surface area contributed by atoms with Crippen molar-refractivity contribution in [2.45, 2.75) is 67.9 Å². The van der Waals surface area contributed by atoms with Crippen LogP contribution in [0, 0.1) is 46.8 Å². The van der Waals surface area contributed by atoms with Gasteiger partial charge in [0.25, 0.3) is 0 Å². The highest BCUT2D eigenvalue weighted by Gasteiger charge is 2.58. The van der Waals surface area contributed by atoms with E-state index in [4.69, 9.17) is 0 Å².